The standard InChI is InChI=1S/C45H36Cl2N4O/c46-37-25-21-35(22-26-37)43-48-39(29-31-13-5-1-6-14-31)41(33-17-9-3-10-18-33)50(43)45(52)51-42(34-19-11-4-12-20-34)40(30-32-15-7-2-8-16-32)49-44(51)36-23-27-38(47)28-24-36/h1-28,39-42H,29-30H2. The molecule has 0 saturated heterocycles. The van der Waals surface area contributed by atoms with E-state index >= 15 is 4.79 Å². The molecule has 0 bridgehead atoms. The third-order valence-corrected chi connectivity index (χ3v) is 10.3. The van der Waals surface area contributed by atoms with Crippen LogP contribution in [-0.4, -0.2) is 39.6 Å². The molecule has 0 N–H and O–H groups in total. The number of carbonyl (C=O) groups excluding carboxylic acids is 1. The summed E-state index contributed by atoms with van der Waals surface area (Å²) in [7, 11) is 0. The van der Waals surface area contributed by atoms with E-state index in [0.717, 1.165) is 33.4 Å². The predicted molar refractivity (Wildman–Crippen MR) is 211 cm³/mol. The van der Waals surface area contributed by atoms with Gasteiger partial charge in [-0.2, -0.15) is 0 Å². The minimum absolute atomic E-state index is 0.198. The molecule has 7 heteroatoms. The van der Waals surface area contributed by atoms with Gasteiger partial charge >= 0.3 is 6.03 Å². The summed E-state index contributed by atoms with van der Waals surface area (Å²) in [5.74, 6) is 1.20. The number of benzene rings is 6. The molecule has 6 aromatic rings. The maximum atomic E-state index is 16.0. The summed E-state index contributed by atoms with van der Waals surface area (Å²) in [4.78, 5) is 30.6. The Morgan fingerprint density at radius 1 is 0.462 bits per heavy atom. The van der Waals surface area contributed by atoms with Crippen molar-refractivity contribution in [3.05, 3.63) is 213 Å². The molecule has 4 unspecified atom stereocenters. The second-order valence-electron chi connectivity index (χ2n) is 13.2. The Hall–Kier alpha value is -5.49. The van der Waals surface area contributed by atoms with Crippen molar-refractivity contribution in [2.45, 2.75) is 37.0 Å². The maximum absolute atomic E-state index is 16.0. The third kappa shape index (κ3) is 6.90. The summed E-state index contributed by atoms with van der Waals surface area (Å²) in [5.41, 5.74) is 5.94. The summed E-state index contributed by atoms with van der Waals surface area (Å²) in [6, 6.07) is 54.9. The fourth-order valence-electron chi connectivity index (χ4n) is 7.42. The number of hydrogen-bond acceptors (Lipinski definition) is 3. The van der Waals surface area contributed by atoms with Gasteiger partial charge in [0.15, 0.2) is 0 Å². The van der Waals surface area contributed by atoms with Crippen LogP contribution in [0.25, 0.3) is 0 Å². The Balaban J connectivity index is 1.31. The van der Waals surface area contributed by atoms with Crippen molar-refractivity contribution in [2.75, 3.05) is 0 Å². The topological polar surface area (TPSA) is 48.3 Å². The number of aliphatic imine (C=N–C) groups is 2. The molecule has 256 valence electrons. The summed E-state index contributed by atoms with van der Waals surface area (Å²) in [6.45, 7) is 0. The van der Waals surface area contributed by atoms with Gasteiger partial charge in [0.1, 0.15) is 11.7 Å². The Labute approximate surface area is 314 Å². The molecule has 2 aliphatic heterocycles. The average molecular weight is 720 g/mol. The first kappa shape index (κ1) is 33.6. The molecule has 2 amide bonds. The number of rotatable bonds is 8. The molecule has 4 atom stereocenters. The van der Waals surface area contributed by atoms with Gasteiger partial charge in [-0.25, -0.2) is 4.79 Å². The quantitative estimate of drug-likeness (QED) is 0.155. The zero-order valence-electron chi connectivity index (χ0n) is 28.3. The van der Waals surface area contributed by atoms with Gasteiger partial charge in [0.2, 0.25) is 0 Å². The number of nitrogens with zero attached hydrogens (tertiary/aromatic N) is 4. The molecule has 52 heavy (non-hydrogen) atoms. The largest absolute Gasteiger partial charge is 0.332 e. The van der Waals surface area contributed by atoms with Crippen LogP contribution in [0.2, 0.25) is 10.0 Å². The molecule has 6 aromatic carbocycles. The third-order valence-electron chi connectivity index (χ3n) is 9.79. The minimum Gasteiger partial charge on any atom is -0.268 e. The van der Waals surface area contributed by atoms with Crippen LogP contribution in [-0.2, 0) is 12.8 Å². The van der Waals surface area contributed by atoms with E-state index in [0.29, 0.717) is 34.6 Å². The normalized spacial score (nSPS) is 19.7. The molecule has 0 spiro atoms. The minimum atomic E-state index is -0.393. The van der Waals surface area contributed by atoms with E-state index in [1.165, 1.54) is 0 Å². The Morgan fingerprint density at radius 3 is 1.13 bits per heavy atom. The van der Waals surface area contributed by atoms with Crippen molar-refractivity contribution >= 4 is 40.9 Å². The van der Waals surface area contributed by atoms with E-state index in [2.05, 4.69) is 48.5 Å². The highest BCUT2D eigenvalue weighted by atomic mass is 35.5. The van der Waals surface area contributed by atoms with Crippen LogP contribution in [0.3, 0.4) is 0 Å². The predicted octanol–water partition coefficient (Wildman–Crippen LogP) is 10.6. The molecule has 0 aliphatic carbocycles. The summed E-state index contributed by atoms with van der Waals surface area (Å²) < 4.78 is 0. The maximum Gasteiger partial charge on any atom is 0.332 e. The van der Waals surface area contributed by atoms with Gasteiger partial charge in [-0.05, 0) is 83.6 Å². The van der Waals surface area contributed by atoms with Crippen LogP contribution in [0.5, 0.6) is 0 Å². The molecule has 0 radical (unpaired) electrons. The van der Waals surface area contributed by atoms with E-state index < -0.39 is 12.1 Å². The second-order valence-corrected chi connectivity index (χ2v) is 14.0. The Bertz CT molecular complexity index is 2040. The SMILES string of the molecule is O=C(N1C(c2ccc(Cl)cc2)=NC(Cc2ccccc2)C1c1ccccc1)N1C(c2ccc(Cl)cc2)=NC(Cc2ccccc2)C1c1ccccc1. The van der Waals surface area contributed by atoms with Crippen LogP contribution in [0.4, 0.5) is 4.79 Å². The van der Waals surface area contributed by atoms with E-state index in [9.17, 15) is 0 Å². The van der Waals surface area contributed by atoms with Crippen molar-refractivity contribution in [3.8, 4) is 0 Å². The van der Waals surface area contributed by atoms with Gasteiger partial charge in [0.25, 0.3) is 0 Å². The molecule has 8 rings (SSSR count). The van der Waals surface area contributed by atoms with Gasteiger partial charge in [0, 0.05) is 21.2 Å². The number of amidine groups is 2. The van der Waals surface area contributed by atoms with E-state index in [1.54, 1.807) is 0 Å². The first-order valence-corrected chi connectivity index (χ1v) is 18.3. The van der Waals surface area contributed by atoms with Crippen molar-refractivity contribution < 1.29 is 4.79 Å². The zero-order chi connectivity index (χ0) is 35.4. The smallest absolute Gasteiger partial charge is 0.268 e. The zero-order valence-corrected chi connectivity index (χ0v) is 29.9. The Kier molecular flexibility index (Phi) is 9.71. The highest BCUT2D eigenvalue weighted by Gasteiger charge is 2.49. The van der Waals surface area contributed by atoms with E-state index in [4.69, 9.17) is 33.2 Å². The van der Waals surface area contributed by atoms with E-state index in [1.807, 2.05) is 131 Å². The van der Waals surface area contributed by atoms with Crippen molar-refractivity contribution in [1.82, 2.24) is 9.80 Å². The van der Waals surface area contributed by atoms with Crippen LogP contribution >= 0.6 is 23.2 Å². The second kappa shape index (κ2) is 15.0. The van der Waals surface area contributed by atoms with Crippen LogP contribution < -0.4 is 0 Å². The molecular formula is C45H36Cl2N4O. The van der Waals surface area contributed by atoms with Gasteiger partial charge in [0.05, 0.1) is 24.2 Å². The molecule has 5 nitrogen and oxygen atoms in total. The summed E-state index contributed by atoms with van der Waals surface area (Å²) in [5, 5.41) is 1.23. The number of urea groups is 1. The lowest BCUT2D eigenvalue weighted by atomic mass is 9.93. The number of amides is 2. The molecular weight excluding hydrogens is 683 g/mol. The van der Waals surface area contributed by atoms with Crippen molar-refractivity contribution in [2.24, 2.45) is 9.98 Å². The monoisotopic (exact) mass is 718 g/mol. The highest BCUT2D eigenvalue weighted by molar-refractivity contribution is 6.31. The van der Waals surface area contributed by atoms with Crippen LogP contribution in [0, 0.1) is 0 Å². The number of halogens is 2. The molecule has 0 fully saturated rings. The van der Waals surface area contributed by atoms with Gasteiger partial charge < -0.3 is 0 Å². The van der Waals surface area contributed by atoms with Crippen LogP contribution in [0.1, 0.15) is 45.5 Å². The van der Waals surface area contributed by atoms with Crippen LogP contribution in [0.15, 0.2) is 180 Å². The lowest BCUT2D eigenvalue weighted by Gasteiger charge is -2.36. The van der Waals surface area contributed by atoms with Crippen molar-refractivity contribution in [1.29, 1.82) is 0 Å². The van der Waals surface area contributed by atoms with Gasteiger partial charge in [-0.1, -0.05) is 145 Å². The van der Waals surface area contributed by atoms with E-state index in [-0.39, 0.29) is 18.1 Å². The first-order valence-electron chi connectivity index (χ1n) is 17.5. The summed E-state index contributed by atoms with van der Waals surface area (Å²) >= 11 is 12.8. The molecule has 2 aliphatic rings. The lowest BCUT2D eigenvalue weighted by Crippen LogP contribution is -2.50. The van der Waals surface area contributed by atoms with Gasteiger partial charge in [-0.3, -0.25) is 19.8 Å². The fraction of sp³-hybridized carbons (Fsp3) is 0.133. The summed E-state index contributed by atoms with van der Waals surface area (Å²) in [6.07, 6.45) is 1.30. The number of carbonyl (C=O) groups is 1. The Morgan fingerprint density at radius 2 is 0.788 bits per heavy atom. The lowest BCUT2D eigenvalue weighted by molar-refractivity contribution is 0.174. The average Bonchev–Trinajstić information content (AvgIpc) is 3.75. The molecule has 2 heterocycles. The highest BCUT2D eigenvalue weighted by Crippen LogP contribution is 2.42. The fourth-order valence-corrected chi connectivity index (χ4v) is 7.67. The first-order chi connectivity index (χ1) is 25.5. The molecule has 0 saturated carbocycles. The van der Waals surface area contributed by atoms with Crippen molar-refractivity contribution in [3.63, 3.8) is 0 Å². The number of hydrogen-bond donors (Lipinski definition) is 0. The van der Waals surface area contributed by atoms with Gasteiger partial charge in [-0.15, -0.1) is 0 Å². The molecule has 0 aromatic heterocycles.